The third-order valence-electron chi connectivity index (χ3n) is 4.09. The van der Waals surface area contributed by atoms with Crippen LogP contribution in [0, 0.1) is 0 Å². The van der Waals surface area contributed by atoms with Gasteiger partial charge in [0.25, 0.3) is 5.91 Å². The number of aromatic hydroxyl groups is 1. The van der Waals surface area contributed by atoms with Crippen molar-refractivity contribution in [3.63, 3.8) is 0 Å². The summed E-state index contributed by atoms with van der Waals surface area (Å²) in [6.07, 6.45) is 2.45. The lowest BCUT2D eigenvalue weighted by Gasteiger charge is -2.14. The molecular formula is C20H20N2O3S. The van der Waals surface area contributed by atoms with Gasteiger partial charge in [0.1, 0.15) is 5.70 Å². The van der Waals surface area contributed by atoms with E-state index in [9.17, 15) is 9.90 Å². The second kappa shape index (κ2) is 7.58. The zero-order chi connectivity index (χ0) is 18.7. The van der Waals surface area contributed by atoms with Gasteiger partial charge in [-0.2, -0.15) is 0 Å². The van der Waals surface area contributed by atoms with Crippen molar-refractivity contribution < 1.29 is 14.6 Å². The van der Waals surface area contributed by atoms with Gasteiger partial charge in [-0.1, -0.05) is 31.2 Å². The first kappa shape index (κ1) is 17.9. The van der Waals surface area contributed by atoms with Crippen LogP contribution >= 0.6 is 12.2 Å². The SMILES string of the molecule is CCOc1cccc(/C=C2\NC(=S)N(c3cccc(CC)c3)C2=O)c1O. The van der Waals surface area contributed by atoms with E-state index in [2.05, 4.69) is 12.2 Å². The molecule has 1 aliphatic rings. The molecule has 0 atom stereocenters. The summed E-state index contributed by atoms with van der Waals surface area (Å²) >= 11 is 5.34. The van der Waals surface area contributed by atoms with Crippen molar-refractivity contribution in [2.45, 2.75) is 20.3 Å². The van der Waals surface area contributed by atoms with Crippen molar-refractivity contribution in [2.75, 3.05) is 11.5 Å². The summed E-state index contributed by atoms with van der Waals surface area (Å²) in [6.45, 7) is 4.34. The third-order valence-corrected chi connectivity index (χ3v) is 4.37. The predicted octanol–water partition coefficient (Wildman–Crippen LogP) is 3.62. The molecular weight excluding hydrogens is 348 g/mol. The van der Waals surface area contributed by atoms with E-state index >= 15 is 0 Å². The largest absolute Gasteiger partial charge is 0.504 e. The van der Waals surface area contributed by atoms with E-state index < -0.39 is 0 Å². The number of rotatable bonds is 5. The van der Waals surface area contributed by atoms with Crippen LogP contribution in [0.3, 0.4) is 0 Å². The number of phenols is 1. The minimum absolute atomic E-state index is 0.00574. The standard InChI is InChI=1S/C20H20N2O3S/c1-3-13-7-5-9-15(11-13)22-19(24)16(21-20(22)26)12-14-8-6-10-17(18(14)23)25-4-2/h5-12,23H,3-4H2,1-2H3,(H,21,26)/b16-12-. The van der Waals surface area contributed by atoms with Crippen molar-refractivity contribution in [1.29, 1.82) is 0 Å². The van der Waals surface area contributed by atoms with E-state index in [4.69, 9.17) is 17.0 Å². The molecule has 1 heterocycles. The highest BCUT2D eigenvalue weighted by Gasteiger charge is 2.32. The number of hydrogen-bond acceptors (Lipinski definition) is 4. The summed E-state index contributed by atoms with van der Waals surface area (Å²) in [6, 6.07) is 12.9. The Labute approximate surface area is 157 Å². The van der Waals surface area contributed by atoms with Crippen LogP contribution in [0.1, 0.15) is 25.0 Å². The molecule has 0 unspecified atom stereocenters. The number of carbonyl (C=O) groups excluding carboxylic acids is 1. The van der Waals surface area contributed by atoms with Crippen LogP contribution in [0.4, 0.5) is 5.69 Å². The van der Waals surface area contributed by atoms with Crippen molar-refractivity contribution in [1.82, 2.24) is 5.32 Å². The lowest BCUT2D eigenvalue weighted by atomic mass is 10.1. The predicted molar refractivity (Wildman–Crippen MR) is 106 cm³/mol. The second-order valence-corrected chi connectivity index (χ2v) is 6.17. The summed E-state index contributed by atoms with van der Waals surface area (Å²) in [5, 5.41) is 13.6. The molecule has 1 amide bonds. The van der Waals surface area contributed by atoms with Gasteiger partial charge in [0.05, 0.1) is 12.3 Å². The molecule has 0 radical (unpaired) electrons. The topological polar surface area (TPSA) is 61.8 Å². The fraction of sp³-hybridized carbons (Fsp3) is 0.200. The Morgan fingerprint density at radius 3 is 2.73 bits per heavy atom. The molecule has 1 aliphatic heterocycles. The zero-order valence-electron chi connectivity index (χ0n) is 14.7. The van der Waals surface area contributed by atoms with Gasteiger partial charge in [0.15, 0.2) is 16.6 Å². The van der Waals surface area contributed by atoms with Gasteiger partial charge in [0.2, 0.25) is 0 Å². The summed E-state index contributed by atoms with van der Waals surface area (Å²) < 4.78 is 5.38. The molecule has 6 heteroatoms. The van der Waals surface area contributed by atoms with E-state index in [0.717, 1.165) is 17.7 Å². The first-order valence-corrected chi connectivity index (χ1v) is 8.86. The average molecular weight is 368 g/mol. The number of amides is 1. The Balaban J connectivity index is 1.94. The van der Waals surface area contributed by atoms with Crippen LogP contribution in [0.2, 0.25) is 0 Å². The monoisotopic (exact) mass is 368 g/mol. The summed E-state index contributed by atoms with van der Waals surface area (Å²) in [7, 11) is 0. The van der Waals surface area contributed by atoms with Gasteiger partial charge in [-0.15, -0.1) is 0 Å². The third kappa shape index (κ3) is 3.41. The Bertz CT molecular complexity index is 892. The highest BCUT2D eigenvalue weighted by molar-refractivity contribution is 7.80. The summed E-state index contributed by atoms with van der Waals surface area (Å²) in [5.41, 5.74) is 2.64. The van der Waals surface area contributed by atoms with Crippen LogP contribution in [0.25, 0.3) is 6.08 Å². The minimum atomic E-state index is -0.260. The fourth-order valence-electron chi connectivity index (χ4n) is 2.77. The molecule has 1 saturated heterocycles. The van der Waals surface area contributed by atoms with E-state index in [-0.39, 0.29) is 11.7 Å². The maximum Gasteiger partial charge on any atom is 0.281 e. The lowest BCUT2D eigenvalue weighted by molar-refractivity contribution is -0.113. The van der Waals surface area contributed by atoms with Crippen LogP contribution < -0.4 is 15.0 Å². The van der Waals surface area contributed by atoms with Crippen LogP contribution in [-0.4, -0.2) is 22.7 Å². The zero-order valence-corrected chi connectivity index (χ0v) is 15.5. The van der Waals surface area contributed by atoms with Crippen molar-refractivity contribution >= 4 is 35.0 Å². The fourth-order valence-corrected chi connectivity index (χ4v) is 3.07. The number of hydrogen-bond donors (Lipinski definition) is 2. The quantitative estimate of drug-likeness (QED) is 0.624. The van der Waals surface area contributed by atoms with E-state index in [1.807, 2.05) is 31.2 Å². The highest BCUT2D eigenvalue weighted by Crippen LogP contribution is 2.32. The maximum absolute atomic E-state index is 12.8. The summed E-state index contributed by atoms with van der Waals surface area (Å²) in [4.78, 5) is 14.3. The number of benzene rings is 2. The van der Waals surface area contributed by atoms with Crippen molar-refractivity contribution in [3.8, 4) is 11.5 Å². The number of nitrogens with zero attached hydrogens (tertiary/aromatic N) is 1. The Kier molecular flexibility index (Phi) is 5.23. The van der Waals surface area contributed by atoms with Crippen LogP contribution in [0.15, 0.2) is 48.2 Å². The number of carbonyl (C=O) groups is 1. The van der Waals surface area contributed by atoms with Gasteiger partial charge in [-0.05, 0) is 55.4 Å². The average Bonchev–Trinajstić information content (AvgIpc) is 2.92. The first-order chi connectivity index (χ1) is 12.5. The Morgan fingerprint density at radius 1 is 1.23 bits per heavy atom. The van der Waals surface area contributed by atoms with E-state index in [1.54, 1.807) is 24.3 Å². The Morgan fingerprint density at radius 2 is 2.00 bits per heavy atom. The van der Waals surface area contributed by atoms with Gasteiger partial charge in [-0.25, -0.2) is 0 Å². The summed E-state index contributed by atoms with van der Waals surface area (Å²) in [5.74, 6) is 0.112. The number of anilines is 1. The van der Waals surface area contributed by atoms with Gasteiger partial charge < -0.3 is 15.2 Å². The van der Waals surface area contributed by atoms with Crippen molar-refractivity contribution in [2.24, 2.45) is 0 Å². The van der Waals surface area contributed by atoms with E-state index in [0.29, 0.717) is 28.7 Å². The number of para-hydroxylation sites is 1. The van der Waals surface area contributed by atoms with Gasteiger partial charge in [-0.3, -0.25) is 9.69 Å². The normalized spacial score (nSPS) is 15.5. The molecule has 0 aliphatic carbocycles. The maximum atomic E-state index is 12.8. The molecule has 134 valence electrons. The van der Waals surface area contributed by atoms with Crippen LogP contribution in [-0.2, 0) is 11.2 Å². The number of aryl methyl sites for hydroxylation is 1. The smallest absolute Gasteiger partial charge is 0.281 e. The van der Waals surface area contributed by atoms with Crippen molar-refractivity contribution in [3.05, 3.63) is 59.3 Å². The van der Waals surface area contributed by atoms with Crippen LogP contribution in [0.5, 0.6) is 11.5 Å². The van der Waals surface area contributed by atoms with Gasteiger partial charge >= 0.3 is 0 Å². The minimum Gasteiger partial charge on any atom is -0.504 e. The number of nitrogens with one attached hydrogen (secondary N) is 1. The number of phenolic OH excluding ortho intramolecular Hbond substituents is 1. The molecule has 0 aromatic heterocycles. The van der Waals surface area contributed by atoms with E-state index in [1.165, 1.54) is 4.90 Å². The number of thiocarbonyl (C=S) groups is 1. The molecule has 0 spiro atoms. The molecule has 2 N–H and O–H groups in total. The van der Waals surface area contributed by atoms with Gasteiger partial charge in [0, 0.05) is 5.56 Å². The lowest BCUT2D eigenvalue weighted by Crippen LogP contribution is -2.30. The molecule has 26 heavy (non-hydrogen) atoms. The molecule has 1 fully saturated rings. The second-order valence-electron chi connectivity index (χ2n) is 5.78. The highest BCUT2D eigenvalue weighted by atomic mass is 32.1. The molecule has 2 aromatic carbocycles. The molecule has 0 bridgehead atoms. The molecule has 3 rings (SSSR count). The number of ether oxygens (including phenoxy) is 1. The molecule has 2 aromatic rings. The Hall–Kier alpha value is -2.86. The molecule has 0 saturated carbocycles. The first-order valence-electron chi connectivity index (χ1n) is 8.46. The molecule has 5 nitrogen and oxygen atoms in total.